The number of amides is 1. The van der Waals surface area contributed by atoms with Crippen LogP contribution >= 0.6 is 0 Å². The van der Waals surface area contributed by atoms with Gasteiger partial charge in [-0.15, -0.1) is 0 Å². The molecule has 1 fully saturated rings. The molecule has 3 heterocycles. The minimum atomic E-state index is 0.0329. The van der Waals surface area contributed by atoms with Gasteiger partial charge in [-0.25, -0.2) is 4.98 Å². The zero-order valence-electron chi connectivity index (χ0n) is 12.4. The Morgan fingerprint density at radius 1 is 1.52 bits per heavy atom. The minimum absolute atomic E-state index is 0.0329. The Morgan fingerprint density at radius 3 is 3.19 bits per heavy atom. The summed E-state index contributed by atoms with van der Waals surface area (Å²) in [6.07, 6.45) is 3.78. The fraction of sp³-hybridized carbons (Fsp3) is 0.571. The summed E-state index contributed by atoms with van der Waals surface area (Å²) in [5.41, 5.74) is 0.939. The van der Waals surface area contributed by atoms with Gasteiger partial charge >= 0.3 is 0 Å². The van der Waals surface area contributed by atoms with Gasteiger partial charge in [0.05, 0.1) is 0 Å². The van der Waals surface area contributed by atoms with E-state index in [4.69, 9.17) is 0 Å². The second-order valence-corrected chi connectivity index (χ2v) is 5.62. The van der Waals surface area contributed by atoms with Crippen LogP contribution in [0.1, 0.15) is 25.5 Å². The number of hydrogen-bond donors (Lipinski definition) is 1. The van der Waals surface area contributed by atoms with E-state index >= 15 is 0 Å². The Kier molecular flexibility index (Phi) is 3.72. The molecule has 3 rings (SSSR count). The molecule has 7 nitrogen and oxygen atoms in total. The van der Waals surface area contributed by atoms with Crippen LogP contribution in [0.15, 0.2) is 12.4 Å². The maximum atomic E-state index is 11.1. The number of hydrogen-bond acceptors (Lipinski definition) is 5. The van der Waals surface area contributed by atoms with Gasteiger partial charge in [0.25, 0.3) is 5.78 Å². The monoisotopic (exact) mass is 288 g/mol. The molecule has 2 aromatic rings. The molecule has 0 spiro atoms. The van der Waals surface area contributed by atoms with E-state index in [1.54, 1.807) is 11.4 Å². The molecule has 2 aromatic heterocycles. The van der Waals surface area contributed by atoms with Crippen molar-refractivity contribution in [1.29, 1.82) is 0 Å². The summed E-state index contributed by atoms with van der Waals surface area (Å²) >= 11 is 0. The molecule has 7 heteroatoms. The number of nitrogens with one attached hydrogen (secondary N) is 1. The van der Waals surface area contributed by atoms with Crippen molar-refractivity contribution in [3.05, 3.63) is 18.1 Å². The lowest BCUT2D eigenvalue weighted by Crippen LogP contribution is -2.41. The summed E-state index contributed by atoms with van der Waals surface area (Å²) in [6, 6.07) is 2.04. The second kappa shape index (κ2) is 5.67. The van der Waals surface area contributed by atoms with E-state index in [0.717, 1.165) is 44.0 Å². The minimum Gasteiger partial charge on any atom is -0.356 e. The molecular formula is C14H20N6O. The first-order valence-corrected chi connectivity index (χ1v) is 7.30. The number of carbonyl (C=O) groups excluding carboxylic acids is 1. The highest BCUT2D eigenvalue weighted by Crippen LogP contribution is 2.23. The van der Waals surface area contributed by atoms with Crippen molar-refractivity contribution in [2.45, 2.75) is 26.7 Å². The summed E-state index contributed by atoms with van der Waals surface area (Å²) in [5, 5.41) is 7.18. The number of fused-ring (bicyclic) bond motifs is 1. The van der Waals surface area contributed by atoms with Crippen LogP contribution in [-0.2, 0) is 4.79 Å². The molecule has 0 radical (unpaired) electrons. The molecule has 0 aromatic carbocycles. The molecule has 0 saturated carbocycles. The third-order valence-electron chi connectivity index (χ3n) is 3.84. The molecule has 0 bridgehead atoms. The van der Waals surface area contributed by atoms with Crippen LogP contribution in [0.4, 0.5) is 5.82 Å². The van der Waals surface area contributed by atoms with Crippen molar-refractivity contribution in [1.82, 2.24) is 24.9 Å². The first kappa shape index (κ1) is 13.8. The Balaban J connectivity index is 1.81. The standard InChI is InChI=1S/C14H20N6O/c1-10-6-13(20-14(18-10)16-9-17-20)19-5-3-4-12(8-19)7-15-11(2)21/h6,9,12H,3-5,7-8H2,1-2H3,(H,15,21). The van der Waals surface area contributed by atoms with Gasteiger partial charge < -0.3 is 10.2 Å². The van der Waals surface area contributed by atoms with Gasteiger partial charge in [-0.1, -0.05) is 0 Å². The molecule has 1 aliphatic rings. The molecule has 21 heavy (non-hydrogen) atoms. The third-order valence-corrected chi connectivity index (χ3v) is 3.84. The fourth-order valence-electron chi connectivity index (χ4n) is 2.86. The lowest BCUT2D eigenvalue weighted by Gasteiger charge is -2.34. The van der Waals surface area contributed by atoms with Crippen molar-refractivity contribution in [2.75, 3.05) is 24.5 Å². The molecule has 1 atom stereocenters. The molecule has 0 aliphatic carbocycles. The normalized spacial score (nSPS) is 19.0. The van der Waals surface area contributed by atoms with Crippen LogP contribution in [0.2, 0.25) is 0 Å². The van der Waals surface area contributed by atoms with Crippen LogP contribution in [0.5, 0.6) is 0 Å². The zero-order chi connectivity index (χ0) is 14.8. The SMILES string of the molecule is CC(=O)NCC1CCCN(c2cc(C)nc3ncnn23)C1. The summed E-state index contributed by atoms with van der Waals surface area (Å²) in [5.74, 6) is 2.16. The molecule has 112 valence electrons. The Morgan fingerprint density at radius 2 is 2.38 bits per heavy atom. The summed E-state index contributed by atoms with van der Waals surface area (Å²) in [7, 11) is 0. The van der Waals surface area contributed by atoms with Crippen LogP contribution in [0.25, 0.3) is 5.78 Å². The van der Waals surface area contributed by atoms with Crippen molar-refractivity contribution in [3.63, 3.8) is 0 Å². The number of anilines is 1. The van der Waals surface area contributed by atoms with Gasteiger partial charge in [-0.2, -0.15) is 14.6 Å². The number of rotatable bonds is 3. The lowest BCUT2D eigenvalue weighted by atomic mass is 9.98. The first-order valence-electron chi connectivity index (χ1n) is 7.30. The highest BCUT2D eigenvalue weighted by Gasteiger charge is 2.22. The van der Waals surface area contributed by atoms with Crippen LogP contribution in [-0.4, -0.2) is 45.1 Å². The van der Waals surface area contributed by atoms with Crippen LogP contribution < -0.4 is 10.2 Å². The van der Waals surface area contributed by atoms with E-state index in [1.807, 2.05) is 13.0 Å². The van der Waals surface area contributed by atoms with E-state index in [9.17, 15) is 4.79 Å². The van der Waals surface area contributed by atoms with E-state index in [-0.39, 0.29) is 5.91 Å². The zero-order valence-corrected chi connectivity index (χ0v) is 12.4. The van der Waals surface area contributed by atoms with Gasteiger partial charge in [0.15, 0.2) is 0 Å². The average molecular weight is 288 g/mol. The number of piperidine rings is 1. The average Bonchev–Trinajstić information content (AvgIpc) is 2.92. The number of aryl methyl sites for hydroxylation is 1. The smallest absolute Gasteiger partial charge is 0.254 e. The maximum Gasteiger partial charge on any atom is 0.254 e. The van der Waals surface area contributed by atoms with Gasteiger partial charge in [-0.05, 0) is 25.7 Å². The molecule has 1 amide bonds. The van der Waals surface area contributed by atoms with E-state index in [2.05, 4.69) is 25.3 Å². The Bertz CT molecular complexity index is 652. The lowest BCUT2D eigenvalue weighted by molar-refractivity contribution is -0.119. The number of carbonyl (C=O) groups is 1. The fourth-order valence-corrected chi connectivity index (χ4v) is 2.86. The van der Waals surface area contributed by atoms with Crippen LogP contribution in [0.3, 0.4) is 0 Å². The second-order valence-electron chi connectivity index (χ2n) is 5.62. The molecular weight excluding hydrogens is 268 g/mol. The molecule has 1 saturated heterocycles. The third kappa shape index (κ3) is 2.96. The Hall–Kier alpha value is -2.18. The predicted molar refractivity (Wildman–Crippen MR) is 79.1 cm³/mol. The first-order chi connectivity index (χ1) is 10.1. The van der Waals surface area contributed by atoms with E-state index in [1.165, 1.54) is 6.33 Å². The summed E-state index contributed by atoms with van der Waals surface area (Å²) < 4.78 is 1.79. The van der Waals surface area contributed by atoms with Gasteiger partial charge in [0.1, 0.15) is 12.1 Å². The molecule has 1 aliphatic heterocycles. The molecule has 1 unspecified atom stereocenters. The van der Waals surface area contributed by atoms with Crippen LogP contribution in [0, 0.1) is 12.8 Å². The number of aromatic nitrogens is 4. The summed E-state index contributed by atoms with van der Waals surface area (Å²) in [4.78, 5) is 21.9. The number of nitrogens with zero attached hydrogens (tertiary/aromatic N) is 5. The van der Waals surface area contributed by atoms with Crippen molar-refractivity contribution >= 4 is 17.5 Å². The van der Waals surface area contributed by atoms with Gasteiger partial charge in [-0.3, -0.25) is 4.79 Å². The maximum absolute atomic E-state index is 11.1. The largest absolute Gasteiger partial charge is 0.356 e. The van der Waals surface area contributed by atoms with Crippen molar-refractivity contribution in [3.8, 4) is 0 Å². The van der Waals surface area contributed by atoms with Gasteiger partial charge in [0.2, 0.25) is 5.91 Å². The van der Waals surface area contributed by atoms with Crippen molar-refractivity contribution < 1.29 is 4.79 Å². The van der Waals surface area contributed by atoms with E-state index in [0.29, 0.717) is 11.7 Å². The highest BCUT2D eigenvalue weighted by molar-refractivity contribution is 5.72. The topological polar surface area (TPSA) is 75.4 Å². The van der Waals surface area contributed by atoms with Gasteiger partial charge in [0, 0.05) is 38.3 Å². The quantitative estimate of drug-likeness (QED) is 0.903. The predicted octanol–water partition coefficient (Wildman–Crippen LogP) is 0.785. The van der Waals surface area contributed by atoms with Crippen molar-refractivity contribution in [2.24, 2.45) is 5.92 Å². The Labute approximate surface area is 123 Å². The van der Waals surface area contributed by atoms with E-state index < -0.39 is 0 Å². The highest BCUT2D eigenvalue weighted by atomic mass is 16.1. The molecule has 1 N–H and O–H groups in total. The summed E-state index contributed by atoms with van der Waals surface area (Å²) in [6.45, 7) is 6.17.